The molecule has 0 bridgehead atoms. The normalized spacial score (nSPS) is 82.3. The van der Waals surface area contributed by atoms with Gasteiger partial charge >= 0.3 is 0 Å². The van der Waals surface area contributed by atoms with Gasteiger partial charge in [0.1, 0.15) is 0 Å². The molecule has 50 valence electrons. The van der Waals surface area contributed by atoms with E-state index in [4.69, 9.17) is 0 Å². The Kier molecular flexibility index (Phi) is 0.420. The van der Waals surface area contributed by atoms with Crippen LogP contribution in [0.2, 0.25) is 0 Å². The highest BCUT2D eigenvalue weighted by atomic mass is 15.4. The van der Waals surface area contributed by atoms with E-state index in [1.807, 2.05) is 0 Å². The van der Waals surface area contributed by atoms with E-state index in [9.17, 15) is 0 Å². The van der Waals surface area contributed by atoms with Crippen molar-refractivity contribution in [2.45, 2.75) is 31.8 Å². The molecule has 1 heterocycles. The zero-order valence-electron chi connectivity index (χ0n) is 6.23. The van der Waals surface area contributed by atoms with Gasteiger partial charge in [-0.3, -0.25) is 0 Å². The van der Waals surface area contributed by atoms with Crippen molar-refractivity contribution in [3.05, 3.63) is 0 Å². The van der Waals surface area contributed by atoms with Crippen molar-refractivity contribution in [1.82, 2.24) is 5.32 Å². The van der Waals surface area contributed by atoms with E-state index in [1.54, 1.807) is 0 Å². The van der Waals surface area contributed by atoms with Crippen LogP contribution in [0.25, 0.3) is 0 Å². The molecule has 1 aliphatic heterocycles. The SMILES string of the molecule is CC1C2C1C1(C)NC21C. The summed E-state index contributed by atoms with van der Waals surface area (Å²) in [5.41, 5.74) is 1.16. The van der Waals surface area contributed by atoms with Gasteiger partial charge in [-0.15, -0.1) is 0 Å². The van der Waals surface area contributed by atoms with Gasteiger partial charge in [0.05, 0.1) is 0 Å². The molecular formula is C8H13N. The van der Waals surface area contributed by atoms with Gasteiger partial charge in [0.15, 0.2) is 0 Å². The minimum Gasteiger partial charge on any atom is -0.302 e. The molecule has 2 saturated carbocycles. The molecule has 0 spiro atoms. The monoisotopic (exact) mass is 123 g/mol. The third kappa shape index (κ3) is 0.231. The lowest BCUT2D eigenvalue weighted by Crippen LogP contribution is -2.35. The second-order valence-electron chi connectivity index (χ2n) is 4.44. The van der Waals surface area contributed by atoms with Crippen molar-refractivity contribution in [3.8, 4) is 0 Å². The predicted octanol–water partition coefficient (Wildman–Crippen LogP) is 1.00. The summed E-state index contributed by atoms with van der Waals surface area (Å²) in [6, 6.07) is 0. The van der Waals surface area contributed by atoms with E-state index in [1.165, 1.54) is 0 Å². The average molecular weight is 123 g/mol. The lowest BCUT2D eigenvalue weighted by molar-refractivity contribution is 0.348. The van der Waals surface area contributed by atoms with Gasteiger partial charge in [-0.2, -0.15) is 0 Å². The van der Waals surface area contributed by atoms with E-state index < -0.39 is 0 Å². The van der Waals surface area contributed by atoms with Gasteiger partial charge in [-0.25, -0.2) is 0 Å². The molecule has 2 aliphatic carbocycles. The van der Waals surface area contributed by atoms with Crippen LogP contribution in [0.5, 0.6) is 0 Å². The van der Waals surface area contributed by atoms with Crippen molar-refractivity contribution in [3.63, 3.8) is 0 Å². The fourth-order valence-electron chi connectivity index (χ4n) is 3.50. The summed E-state index contributed by atoms with van der Waals surface area (Å²) in [5, 5.41) is 3.59. The summed E-state index contributed by atoms with van der Waals surface area (Å²) < 4.78 is 0. The smallest absolute Gasteiger partial charge is 0.0375 e. The Hall–Kier alpha value is -0.0400. The van der Waals surface area contributed by atoms with Crippen molar-refractivity contribution < 1.29 is 0 Å². The summed E-state index contributed by atoms with van der Waals surface area (Å²) in [5.74, 6) is 3.12. The van der Waals surface area contributed by atoms with Crippen LogP contribution in [-0.4, -0.2) is 11.1 Å². The molecule has 0 aromatic carbocycles. The minimum absolute atomic E-state index is 0.580. The lowest BCUT2D eigenvalue weighted by atomic mass is 9.77. The number of fused-ring (bicyclic) bond motifs is 4. The van der Waals surface area contributed by atoms with Crippen LogP contribution in [0.3, 0.4) is 0 Å². The van der Waals surface area contributed by atoms with Crippen LogP contribution in [0.15, 0.2) is 0 Å². The first-order valence-electron chi connectivity index (χ1n) is 3.90. The molecule has 1 saturated heterocycles. The molecule has 3 aliphatic rings. The van der Waals surface area contributed by atoms with E-state index in [-0.39, 0.29) is 0 Å². The summed E-state index contributed by atoms with van der Waals surface area (Å²) in [7, 11) is 0. The van der Waals surface area contributed by atoms with Gasteiger partial charge in [-0.1, -0.05) is 6.92 Å². The molecule has 1 heteroatoms. The van der Waals surface area contributed by atoms with Crippen LogP contribution >= 0.6 is 0 Å². The number of hydrogen-bond donors (Lipinski definition) is 1. The molecule has 1 nitrogen and oxygen atoms in total. The van der Waals surface area contributed by atoms with Crippen LogP contribution in [0, 0.1) is 17.8 Å². The number of piperidine rings is 1. The van der Waals surface area contributed by atoms with E-state index >= 15 is 0 Å². The Morgan fingerprint density at radius 3 is 1.78 bits per heavy atom. The van der Waals surface area contributed by atoms with Crippen LogP contribution in [0.1, 0.15) is 20.8 Å². The first kappa shape index (κ1) is 4.73. The maximum Gasteiger partial charge on any atom is 0.0375 e. The fraction of sp³-hybridized carbons (Fsp3) is 1.00. The highest BCUT2D eigenvalue weighted by molar-refractivity contribution is 5.46. The second-order valence-corrected chi connectivity index (χ2v) is 4.44. The molecular weight excluding hydrogens is 110 g/mol. The second kappa shape index (κ2) is 0.800. The molecule has 0 aromatic rings. The summed E-state index contributed by atoms with van der Waals surface area (Å²) in [6.07, 6.45) is 0. The summed E-state index contributed by atoms with van der Waals surface area (Å²) in [4.78, 5) is 0. The largest absolute Gasteiger partial charge is 0.302 e. The zero-order valence-corrected chi connectivity index (χ0v) is 6.23. The zero-order chi connectivity index (χ0) is 6.44. The van der Waals surface area contributed by atoms with E-state index in [0.29, 0.717) is 11.1 Å². The topological polar surface area (TPSA) is 21.9 Å². The van der Waals surface area contributed by atoms with Crippen LogP contribution in [-0.2, 0) is 0 Å². The quantitative estimate of drug-likeness (QED) is 0.477. The summed E-state index contributed by atoms with van der Waals surface area (Å²) in [6.45, 7) is 7.13. The van der Waals surface area contributed by atoms with Gasteiger partial charge in [0.2, 0.25) is 0 Å². The highest BCUT2D eigenvalue weighted by Gasteiger charge is 2.89. The first-order chi connectivity index (χ1) is 4.11. The molecule has 3 fully saturated rings. The van der Waals surface area contributed by atoms with Crippen LogP contribution in [0.4, 0.5) is 0 Å². The van der Waals surface area contributed by atoms with Crippen LogP contribution < -0.4 is 5.32 Å². The predicted molar refractivity (Wildman–Crippen MR) is 36.1 cm³/mol. The molecule has 4 atom stereocenters. The van der Waals surface area contributed by atoms with Crippen molar-refractivity contribution in [2.75, 3.05) is 0 Å². The number of hydrogen-bond acceptors (Lipinski definition) is 1. The highest BCUT2D eigenvalue weighted by Crippen LogP contribution is 2.79. The first-order valence-corrected chi connectivity index (χ1v) is 3.90. The molecule has 0 aromatic heterocycles. The van der Waals surface area contributed by atoms with E-state index in [2.05, 4.69) is 26.1 Å². The molecule has 9 heavy (non-hydrogen) atoms. The lowest BCUT2D eigenvalue weighted by Gasteiger charge is -2.24. The Morgan fingerprint density at radius 1 is 1.11 bits per heavy atom. The third-order valence-corrected chi connectivity index (χ3v) is 4.25. The molecule has 3 rings (SSSR count). The molecule has 0 radical (unpaired) electrons. The fourth-order valence-corrected chi connectivity index (χ4v) is 3.50. The van der Waals surface area contributed by atoms with Gasteiger partial charge in [0.25, 0.3) is 0 Å². The van der Waals surface area contributed by atoms with Gasteiger partial charge < -0.3 is 5.32 Å². The molecule has 4 unspecified atom stereocenters. The molecule has 0 amide bonds. The standard InChI is InChI=1S/C8H13N/c1-4-5-6(4)8(3)7(5,2)9-8/h4-6,9H,1-3H3. The Bertz CT molecular complexity index is 181. The van der Waals surface area contributed by atoms with E-state index in [0.717, 1.165) is 17.8 Å². The van der Waals surface area contributed by atoms with Crippen molar-refractivity contribution in [1.29, 1.82) is 0 Å². The maximum absolute atomic E-state index is 3.59. The maximum atomic E-state index is 3.59. The minimum atomic E-state index is 0.580. The number of rotatable bonds is 0. The Labute approximate surface area is 55.8 Å². The third-order valence-electron chi connectivity index (χ3n) is 4.25. The average Bonchev–Trinajstić information content (AvgIpc) is 2.49. The number of nitrogens with one attached hydrogen (secondary N) is 1. The summed E-state index contributed by atoms with van der Waals surface area (Å²) >= 11 is 0. The Morgan fingerprint density at radius 2 is 1.56 bits per heavy atom. The van der Waals surface area contributed by atoms with Gasteiger partial charge in [-0.05, 0) is 31.6 Å². The van der Waals surface area contributed by atoms with Gasteiger partial charge in [0, 0.05) is 11.1 Å². The molecule has 1 N–H and O–H groups in total. The van der Waals surface area contributed by atoms with Crippen molar-refractivity contribution in [2.24, 2.45) is 17.8 Å². The van der Waals surface area contributed by atoms with Crippen molar-refractivity contribution >= 4 is 0 Å². The Balaban J connectivity index is 2.04.